The lowest BCUT2D eigenvalue weighted by atomic mass is 10.1. The lowest BCUT2D eigenvalue weighted by molar-refractivity contribution is 0.274. The summed E-state index contributed by atoms with van der Waals surface area (Å²) in [4.78, 5) is 0. The smallest absolute Gasteiger partial charge is 0.124 e. The lowest BCUT2D eigenvalue weighted by Crippen LogP contribution is -2.02. The Kier molecular flexibility index (Phi) is 6.10. The highest BCUT2D eigenvalue weighted by atomic mass is 16.5. The fourth-order valence-corrected chi connectivity index (χ4v) is 2.18. The quantitative estimate of drug-likeness (QED) is 0.782. The van der Waals surface area contributed by atoms with Crippen molar-refractivity contribution in [3.8, 4) is 11.5 Å². The molecule has 0 heterocycles. The second kappa shape index (κ2) is 8.29. The molecule has 0 aromatic heterocycles. The topological polar surface area (TPSA) is 50.7 Å². The Morgan fingerprint density at radius 1 is 1.14 bits per heavy atom. The van der Waals surface area contributed by atoms with Gasteiger partial charge in [0.25, 0.3) is 0 Å². The molecule has 118 valence electrons. The third-order valence-electron chi connectivity index (χ3n) is 3.32. The largest absolute Gasteiger partial charge is 0.496 e. The Bertz CT molecular complexity index is 599. The van der Waals surface area contributed by atoms with E-state index in [0.29, 0.717) is 12.3 Å². The summed E-state index contributed by atoms with van der Waals surface area (Å²) < 4.78 is 10.8. The van der Waals surface area contributed by atoms with E-state index in [1.54, 1.807) is 7.11 Å². The molecule has 22 heavy (non-hydrogen) atoms. The van der Waals surface area contributed by atoms with Gasteiger partial charge in [-0.3, -0.25) is 0 Å². The molecule has 0 aliphatic rings. The van der Waals surface area contributed by atoms with Gasteiger partial charge in [-0.1, -0.05) is 19.1 Å². The van der Waals surface area contributed by atoms with Crippen molar-refractivity contribution in [2.75, 3.05) is 19.0 Å². The van der Waals surface area contributed by atoms with Gasteiger partial charge >= 0.3 is 0 Å². The molecule has 4 nitrogen and oxygen atoms in total. The number of nitrogens with one attached hydrogen (secondary N) is 1. The standard InChI is InChI=1S/C18H23NO3/c1-3-9-22-17-6-4-5-14(10-17)12-19-16-7-8-18(21-2)15(11-16)13-20/h4-8,10-11,19-20H,3,9,12-13H2,1-2H3. The van der Waals surface area contributed by atoms with Crippen molar-refractivity contribution in [2.24, 2.45) is 0 Å². The van der Waals surface area contributed by atoms with E-state index >= 15 is 0 Å². The molecule has 0 saturated carbocycles. The van der Waals surface area contributed by atoms with Gasteiger partial charge in [-0.2, -0.15) is 0 Å². The van der Waals surface area contributed by atoms with Gasteiger partial charge in [0.1, 0.15) is 11.5 Å². The number of benzene rings is 2. The van der Waals surface area contributed by atoms with E-state index in [1.165, 1.54) is 0 Å². The van der Waals surface area contributed by atoms with Gasteiger partial charge in [-0.05, 0) is 42.3 Å². The highest BCUT2D eigenvalue weighted by Gasteiger charge is 2.03. The molecule has 2 aromatic carbocycles. The third-order valence-corrected chi connectivity index (χ3v) is 3.32. The summed E-state index contributed by atoms with van der Waals surface area (Å²) in [5, 5.41) is 12.7. The van der Waals surface area contributed by atoms with Gasteiger partial charge in [0.2, 0.25) is 0 Å². The van der Waals surface area contributed by atoms with Crippen LogP contribution in [-0.2, 0) is 13.2 Å². The van der Waals surface area contributed by atoms with Crippen LogP contribution in [0.3, 0.4) is 0 Å². The normalized spacial score (nSPS) is 10.3. The summed E-state index contributed by atoms with van der Waals surface area (Å²) in [6.45, 7) is 3.47. The summed E-state index contributed by atoms with van der Waals surface area (Å²) in [6.07, 6.45) is 0.998. The Balaban J connectivity index is 2.00. The summed E-state index contributed by atoms with van der Waals surface area (Å²) >= 11 is 0. The van der Waals surface area contributed by atoms with Crippen LogP contribution in [0.15, 0.2) is 42.5 Å². The summed E-state index contributed by atoms with van der Waals surface area (Å²) in [5.41, 5.74) is 2.87. The molecule has 0 saturated heterocycles. The molecule has 0 fully saturated rings. The van der Waals surface area contributed by atoms with Crippen molar-refractivity contribution in [3.63, 3.8) is 0 Å². The zero-order valence-corrected chi connectivity index (χ0v) is 13.1. The Labute approximate surface area is 131 Å². The Morgan fingerprint density at radius 2 is 2.00 bits per heavy atom. The minimum absolute atomic E-state index is 0.0426. The molecule has 0 amide bonds. The molecule has 2 rings (SSSR count). The number of aliphatic hydroxyl groups excluding tert-OH is 1. The molecule has 4 heteroatoms. The van der Waals surface area contributed by atoms with E-state index in [1.807, 2.05) is 36.4 Å². The van der Waals surface area contributed by atoms with Gasteiger partial charge in [0.05, 0.1) is 20.3 Å². The Morgan fingerprint density at radius 3 is 2.73 bits per heavy atom. The van der Waals surface area contributed by atoms with Crippen molar-refractivity contribution in [3.05, 3.63) is 53.6 Å². The number of ether oxygens (including phenoxy) is 2. The summed E-state index contributed by atoms with van der Waals surface area (Å²) in [7, 11) is 1.60. The Hall–Kier alpha value is -2.20. The zero-order chi connectivity index (χ0) is 15.8. The van der Waals surface area contributed by atoms with Gasteiger partial charge < -0.3 is 19.9 Å². The first-order valence-electron chi connectivity index (χ1n) is 7.50. The molecule has 2 aromatic rings. The molecule has 0 bridgehead atoms. The lowest BCUT2D eigenvalue weighted by Gasteiger charge is -2.12. The second-order valence-corrected chi connectivity index (χ2v) is 5.03. The summed E-state index contributed by atoms with van der Waals surface area (Å²) in [5.74, 6) is 1.59. The molecule has 2 N–H and O–H groups in total. The van der Waals surface area contributed by atoms with E-state index < -0.39 is 0 Å². The molecular formula is C18H23NO3. The number of anilines is 1. The van der Waals surface area contributed by atoms with Crippen molar-refractivity contribution in [2.45, 2.75) is 26.5 Å². The van der Waals surface area contributed by atoms with Crippen LogP contribution in [-0.4, -0.2) is 18.8 Å². The van der Waals surface area contributed by atoms with Gasteiger partial charge in [-0.25, -0.2) is 0 Å². The van der Waals surface area contributed by atoms with E-state index in [9.17, 15) is 5.11 Å². The maximum atomic E-state index is 9.35. The molecule has 0 radical (unpaired) electrons. The van der Waals surface area contributed by atoms with E-state index in [-0.39, 0.29) is 6.61 Å². The predicted octanol–water partition coefficient (Wildman–Crippen LogP) is 3.59. The maximum Gasteiger partial charge on any atom is 0.124 e. The highest BCUT2D eigenvalue weighted by molar-refractivity contribution is 5.51. The summed E-state index contributed by atoms with van der Waals surface area (Å²) in [6, 6.07) is 13.8. The van der Waals surface area contributed by atoms with Crippen molar-refractivity contribution < 1.29 is 14.6 Å². The van der Waals surface area contributed by atoms with Crippen LogP contribution in [0.1, 0.15) is 24.5 Å². The second-order valence-electron chi connectivity index (χ2n) is 5.03. The van der Waals surface area contributed by atoms with Crippen molar-refractivity contribution in [1.82, 2.24) is 0 Å². The fraction of sp³-hybridized carbons (Fsp3) is 0.333. The van der Waals surface area contributed by atoms with Crippen LogP contribution >= 0.6 is 0 Å². The van der Waals surface area contributed by atoms with E-state index in [2.05, 4.69) is 18.3 Å². The zero-order valence-electron chi connectivity index (χ0n) is 13.1. The van der Waals surface area contributed by atoms with Crippen LogP contribution in [0.25, 0.3) is 0 Å². The minimum atomic E-state index is -0.0426. The van der Waals surface area contributed by atoms with Crippen LogP contribution in [0.4, 0.5) is 5.69 Å². The third kappa shape index (κ3) is 4.40. The maximum absolute atomic E-state index is 9.35. The number of rotatable bonds is 8. The average molecular weight is 301 g/mol. The van der Waals surface area contributed by atoms with Crippen LogP contribution in [0.2, 0.25) is 0 Å². The van der Waals surface area contributed by atoms with Gasteiger partial charge in [0, 0.05) is 17.8 Å². The van der Waals surface area contributed by atoms with Crippen LogP contribution < -0.4 is 14.8 Å². The molecule has 0 atom stereocenters. The monoisotopic (exact) mass is 301 g/mol. The molecule has 0 aliphatic carbocycles. The first kappa shape index (κ1) is 16.2. The minimum Gasteiger partial charge on any atom is -0.496 e. The van der Waals surface area contributed by atoms with Crippen LogP contribution in [0.5, 0.6) is 11.5 Å². The average Bonchev–Trinajstić information content (AvgIpc) is 2.58. The van der Waals surface area contributed by atoms with Crippen LogP contribution in [0, 0.1) is 0 Å². The molecule has 0 unspecified atom stereocenters. The number of methoxy groups -OCH3 is 1. The fourth-order valence-electron chi connectivity index (χ4n) is 2.18. The molecule has 0 aliphatic heterocycles. The SMILES string of the molecule is CCCOc1cccc(CNc2ccc(OC)c(CO)c2)c1. The first-order chi connectivity index (χ1) is 10.8. The van der Waals surface area contributed by atoms with Gasteiger partial charge in [0.15, 0.2) is 0 Å². The van der Waals surface area contributed by atoms with Crippen molar-refractivity contribution in [1.29, 1.82) is 0 Å². The number of aliphatic hydroxyl groups is 1. The number of hydrogen-bond donors (Lipinski definition) is 2. The predicted molar refractivity (Wildman–Crippen MR) is 88.5 cm³/mol. The van der Waals surface area contributed by atoms with E-state index in [0.717, 1.165) is 35.6 Å². The molecular weight excluding hydrogens is 278 g/mol. The van der Waals surface area contributed by atoms with E-state index in [4.69, 9.17) is 9.47 Å². The highest BCUT2D eigenvalue weighted by Crippen LogP contribution is 2.23. The van der Waals surface area contributed by atoms with Gasteiger partial charge in [-0.15, -0.1) is 0 Å². The number of hydrogen-bond acceptors (Lipinski definition) is 4. The first-order valence-corrected chi connectivity index (χ1v) is 7.50. The molecule has 0 spiro atoms. The van der Waals surface area contributed by atoms with Crippen molar-refractivity contribution >= 4 is 5.69 Å².